The smallest absolute Gasteiger partial charge is 0.251 e. The standard InChI is InChI=1S/C12H10FN3O3/c1-18-8-6-9(19-2)16-12(15-8)11(17)10-7(13)4-3-5-14-10/h3-6H,1-2H3. The van der Waals surface area contributed by atoms with Crippen molar-refractivity contribution in [2.24, 2.45) is 0 Å². The quantitative estimate of drug-likeness (QED) is 0.773. The molecule has 0 aliphatic rings. The van der Waals surface area contributed by atoms with Gasteiger partial charge in [0, 0.05) is 6.20 Å². The molecule has 0 saturated carbocycles. The minimum atomic E-state index is -0.740. The van der Waals surface area contributed by atoms with Gasteiger partial charge in [-0.2, -0.15) is 9.97 Å². The van der Waals surface area contributed by atoms with Crippen LogP contribution in [0.2, 0.25) is 0 Å². The fraction of sp³-hybridized carbons (Fsp3) is 0.167. The minimum absolute atomic E-state index is 0.145. The van der Waals surface area contributed by atoms with Crippen molar-refractivity contribution < 1.29 is 18.7 Å². The molecule has 0 aliphatic carbocycles. The zero-order chi connectivity index (χ0) is 13.8. The molecule has 0 spiro atoms. The van der Waals surface area contributed by atoms with Crippen molar-refractivity contribution >= 4 is 5.78 Å². The highest BCUT2D eigenvalue weighted by Gasteiger charge is 2.20. The van der Waals surface area contributed by atoms with Crippen LogP contribution >= 0.6 is 0 Å². The molecule has 0 aliphatic heterocycles. The van der Waals surface area contributed by atoms with Crippen LogP contribution in [-0.4, -0.2) is 35.0 Å². The lowest BCUT2D eigenvalue weighted by atomic mass is 10.2. The molecule has 2 aromatic rings. The molecule has 0 amide bonds. The molecular formula is C12H10FN3O3. The van der Waals surface area contributed by atoms with E-state index in [9.17, 15) is 9.18 Å². The number of pyridine rings is 1. The van der Waals surface area contributed by atoms with Gasteiger partial charge in [-0.3, -0.25) is 4.79 Å². The number of hydrogen-bond acceptors (Lipinski definition) is 6. The lowest BCUT2D eigenvalue weighted by Gasteiger charge is -2.05. The fourth-order valence-electron chi connectivity index (χ4n) is 1.37. The topological polar surface area (TPSA) is 74.2 Å². The Labute approximate surface area is 108 Å². The first-order valence-electron chi connectivity index (χ1n) is 5.28. The Hall–Kier alpha value is -2.57. The normalized spacial score (nSPS) is 10.1. The van der Waals surface area contributed by atoms with Gasteiger partial charge in [-0.15, -0.1) is 0 Å². The molecule has 2 rings (SSSR count). The molecule has 98 valence electrons. The summed E-state index contributed by atoms with van der Waals surface area (Å²) in [7, 11) is 2.77. The van der Waals surface area contributed by atoms with Gasteiger partial charge in [0.15, 0.2) is 5.82 Å². The van der Waals surface area contributed by atoms with Crippen molar-refractivity contribution in [2.75, 3.05) is 14.2 Å². The highest BCUT2D eigenvalue weighted by molar-refractivity contribution is 6.05. The van der Waals surface area contributed by atoms with Gasteiger partial charge in [-0.25, -0.2) is 9.37 Å². The maximum absolute atomic E-state index is 13.5. The molecule has 0 atom stereocenters. The Morgan fingerprint density at radius 3 is 2.37 bits per heavy atom. The molecule has 0 N–H and O–H groups in total. The molecule has 0 unspecified atom stereocenters. The number of methoxy groups -OCH3 is 2. The van der Waals surface area contributed by atoms with E-state index in [2.05, 4.69) is 15.0 Å². The van der Waals surface area contributed by atoms with Crippen LogP contribution < -0.4 is 9.47 Å². The van der Waals surface area contributed by atoms with Crippen LogP contribution in [0, 0.1) is 5.82 Å². The van der Waals surface area contributed by atoms with E-state index in [4.69, 9.17) is 9.47 Å². The second-order valence-electron chi connectivity index (χ2n) is 3.44. The predicted octanol–water partition coefficient (Wildman–Crippen LogP) is 1.26. The number of hydrogen-bond donors (Lipinski definition) is 0. The van der Waals surface area contributed by atoms with E-state index in [1.54, 1.807) is 0 Å². The molecule has 0 aromatic carbocycles. The van der Waals surface area contributed by atoms with Crippen molar-refractivity contribution in [3.8, 4) is 11.8 Å². The van der Waals surface area contributed by atoms with Crippen molar-refractivity contribution in [1.29, 1.82) is 0 Å². The number of ketones is 1. The van der Waals surface area contributed by atoms with E-state index in [0.717, 1.165) is 6.07 Å². The first kappa shape index (κ1) is 12.9. The van der Waals surface area contributed by atoms with E-state index in [0.29, 0.717) is 0 Å². The lowest BCUT2D eigenvalue weighted by molar-refractivity contribution is 0.101. The SMILES string of the molecule is COc1cc(OC)nc(C(=O)c2ncccc2F)n1. The van der Waals surface area contributed by atoms with Gasteiger partial charge < -0.3 is 9.47 Å². The fourth-order valence-corrected chi connectivity index (χ4v) is 1.37. The molecular weight excluding hydrogens is 253 g/mol. The van der Waals surface area contributed by atoms with Crippen molar-refractivity contribution in [3.05, 3.63) is 41.7 Å². The van der Waals surface area contributed by atoms with E-state index in [1.165, 1.54) is 32.5 Å². The molecule has 0 radical (unpaired) electrons. The number of nitrogens with zero attached hydrogens (tertiary/aromatic N) is 3. The minimum Gasteiger partial charge on any atom is -0.481 e. The average Bonchev–Trinajstić information content (AvgIpc) is 2.46. The van der Waals surface area contributed by atoms with E-state index in [1.807, 2.05) is 0 Å². The first-order chi connectivity index (χ1) is 9.15. The third-order valence-electron chi connectivity index (χ3n) is 2.27. The van der Waals surface area contributed by atoms with Gasteiger partial charge in [-0.05, 0) is 12.1 Å². The molecule has 2 heterocycles. The number of aromatic nitrogens is 3. The van der Waals surface area contributed by atoms with Crippen LogP contribution in [-0.2, 0) is 0 Å². The molecule has 2 aromatic heterocycles. The van der Waals surface area contributed by atoms with Crippen LogP contribution in [0.4, 0.5) is 4.39 Å². The van der Waals surface area contributed by atoms with Crippen molar-refractivity contribution in [1.82, 2.24) is 15.0 Å². The van der Waals surface area contributed by atoms with Crippen LogP contribution in [0.15, 0.2) is 24.4 Å². The zero-order valence-electron chi connectivity index (χ0n) is 10.3. The van der Waals surface area contributed by atoms with E-state index in [-0.39, 0.29) is 23.3 Å². The summed E-state index contributed by atoms with van der Waals surface area (Å²) in [6, 6.07) is 3.93. The predicted molar refractivity (Wildman–Crippen MR) is 62.8 cm³/mol. The Balaban J connectivity index is 2.47. The van der Waals surface area contributed by atoms with E-state index >= 15 is 0 Å². The summed E-state index contributed by atoms with van der Waals surface area (Å²) in [4.78, 5) is 23.4. The molecule has 0 bridgehead atoms. The van der Waals surface area contributed by atoms with Crippen LogP contribution in [0.5, 0.6) is 11.8 Å². The Kier molecular flexibility index (Phi) is 3.65. The lowest BCUT2D eigenvalue weighted by Crippen LogP contribution is -2.12. The van der Waals surface area contributed by atoms with Gasteiger partial charge in [0.25, 0.3) is 5.78 Å². The Morgan fingerprint density at radius 1 is 1.21 bits per heavy atom. The summed E-state index contributed by atoms with van der Waals surface area (Å²) in [6.45, 7) is 0. The Morgan fingerprint density at radius 2 is 1.84 bits per heavy atom. The second-order valence-corrected chi connectivity index (χ2v) is 3.44. The number of carbonyl (C=O) groups excluding carboxylic acids is 1. The maximum Gasteiger partial charge on any atom is 0.251 e. The summed E-state index contributed by atoms with van der Waals surface area (Å²) < 4.78 is 23.3. The maximum atomic E-state index is 13.5. The Bertz CT molecular complexity index is 597. The van der Waals surface area contributed by atoms with Gasteiger partial charge >= 0.3 is 0 Å². The van der Waals surface area contributed by atoms with Gasteiger partial charge in [0.1, 0.15) is 5.69 Å². The number of carbonyl (C=O) groups is 1. The summed E-state index contributed by atoms with van der Waals surface area (Å²) in [6.07, 6.45) is 1.31. The van der Waals surface area contributed by atoms with Crippen LogP contribution in [0.3, 0.4) is 0 Å². The number of ether oxygens (including phenoxy) is 2. The largest absolute Gasteiger partial charge is 0.481 e. The highest BCUT2D eigenvalue weighted by atomic mass is 19.1. The molecule has 7 heteroatoms. The average molecular weight is 263 g/mol. The van der Waals surface area contributed by atoms with Crippen molar-refractivity contribution in [2.45, 2.75) is 0 Å². The third-order valence-corrected chi connectivity index (χ3v) is 2.27. The van der Waals surface area contributed by atoms with Gasteiger partial charge in [0.05, 0.1) is 20.3 Å². The zero-order valence-corrected chi connectivity index (χ0v) is 10.3. The highest BCUT2D eigenvalue weighted by Crippen LogP contribution is 2.17. The molecule has 6 nitrogen and oxygen atoms in total. The van der Waals surface area contributed by atoms with Crippen LogP contribution in [0.25, 0.3) is 0 Å². The summed E-state index contributed by atoms with van der Waals surface area (Å²) in [5.41, 5.74) is -0.349. The third kappa shape index (κ3) is 2.65. The molecule has 0 saturated heterocycles. The van der Waals surface area contributed by atoms with Crippen molar-refractivity contribution in [3.63, 3.8) is 0 Å². The van der Waals surface area contributed by atoms with E-state index < -0.39 is 11.6 Å². The summed E-state index contributed by atoms with van der Waals surface area (Å²) in [5, 5.41) is 0. The van der Waals surface area contributed by atoms with Gasteiger partial charge in [0.2, 0.25) is 17.6 Å². The molecule has 19 heavy (non-hydrogen) atoms. The number of halogens is 1. The summed E-state index contributed by atoms with van der Waals surface area (Å²) in [5.74, 6) is -1.43. The monoisotopic (exact) mass is 263 g/mol. The van der Waals surface area contributed by atoms with Gasteiger partial charge in [-0.1, -0.05) is 0 Å². The second kappa shape index (κ2) is 5.38. The number of rotatable bonds is 4. The first-order valence-corrected chi connectivity index (χ1v) is 5.28. The summed E-state index contributed by atoms with van der Waals surface area (Å²) >= 11 is 0. The van der Waals surface area contributed by atoms with Crippen LogP contribution in [0.1, 0.15) is 16.3 Å². The molecule has 0 fully saturated rings.